The van der Waals surface area contributed by atoms with Crippen LogP contribution in [0, 0.1) is 5.92 Å². The van der Waals surface area contributed by atoms with Gasteiger partial charge in [-0.1, -0.05) is 126 Å². The van der Waals surface area contributed by atoms with E-state index in [1.807, 2.05) is 84.9 Å². The van der Waals surface area contributed by atoms with Crippen molar-refractivity contribution in [2.45, 2.75) is 25.1 Å². The Morgan fingerprint density at radius 2 is 1.17 bits per heavy atom. The second-order valence-corrected chi connectivity index (χ2v) is 13.4. The number of carbonyl (C=O) groups is 2. The van der Waals surface area contributed by atoms with E-state index >= 15 is 0 Å². The molecule has 0 aliphatic rings. The minimum Gasteiger partial charge on any atom is -0.481 e. The number of carboxylic acids is 1. The van der Waals surface area contributed by atoms with Crippen molar-refractivity contribution in [3.05, 3.63) is 132 Å². The number of aliphatic carboxylic acids is 1. The van der Waals surface area contributed by atoms with Crippen molar-refractivity contribution in [3.63, 3.8) is 0 Å². The molecule has 0 aromatic heterocycles. The molecule has 0 radical (unpaired) electrons. The maximum atomic E-state index is 13.6. The highest BCUT2D eigenvalue weighted by Gasteiger charge is 2.47. The second kappa shape index (κ2) is 11.6. The molecule has 4 aromatic rings. The fourth-order valence-corrected chi connectivity index (χ4v) is 10.6. The van der Waals surface area contributed by atoms with Gasteiger partial charge in [0.1, 0.15) is 8.07 Å². The maximum absolute atomic E-state index is 13.6. The Balaban J connectivity index is 1.93. The molecule has 182 valence electrons. The first kappa shape index (κ1) is 25.1. The lowest BCUT2D eigenvalue weighted by Crippen LogP contribution is -2.72. The Morgan fingerprint density at radius 1 is 0.722 bits per heavy atom. The topological polar surface area (TPSA) is 66.4 Å². The standard InChI is InChI=1S/C31H31NO3Si/c1-24(31(34)35)23-36(27-18-10-4-11-19-27,28-20-12-5-13-21-28)29(22-25-14-6-2-7-15-25)32-30(33)26-16-8-3-9-17-26/h2-21,24,29H,22-23H2,1H3,(H,32,33)(H,34,35)/t24-,29-/m1/s1. The maximum Gasteiger partial charge on any atom is 0.305 e. The van der Waals surface area contributed by atoms with Gasteiger partial charge >= 0.3 is 5.97 Å². The molecule has 2 N–H and O–H groups in total. The van der Waals surface area contributed by atoms with Crippen LogP contribution >= 0.6 is 0 Å². The van der Waals surface area contributed by atoms with E-state index in [9.17, 15) is 14.7 Å². The van der Waals surface area contributed by atoms with Crippen LogP contribution in [0.3, 0.4) is 0 Å². The molecule has 0 aliphatic heterocycles. The zero-order valence-corrected chi connectivity index (χ0v) is 21.4. The highest BCUT2D eigenvalue weighted by atomic mass is 28.3. The zero-order chi connectivity index (χ0) is 25.4. The summed E-state index contributed by atoms with van der Waals surface area (Å²) in [4.78, 5) is 25.8. The summed E-state index contributed by atoms with van der Waals surface area (Å²) < 4.78 is 0. The molecule has 0 unspecified atom stereocenters. The molecule has 0 bridgehead atoms. The van der Waals surface area contributed by atoms with Crippen molar-refractivity contribution in [2.24, 2.45) is 5.92 Å². The molecule has 2 atom stereocenters. The van der Waals surface area contributed by atoms with Crippen LogP contribution in [0.2, 0.25) is 6.04 Å². The highest BCUT2D eigenvalue weighted by Crippen LogP contribution is 2.25. The normalized spacial score (nSPS) is 12.9. The van der Waals surface area contributed by atoms with Gasteiger partial charge in [-0.15, -0.1) is 0 Å². The van der Waals surface area contributed by atoms with E-state index in [0.29, 0.717) is 18.0 Å². The largest absolute Gasteiger partial charge is 0.481 e. The number of benzene rings is 4. The van der Waals surface area contributed by atoms with Crippen LogP contribution in [0.1, 0.15) is 22.8 Å². The van der Waals surface area contributed by atoms with E-state index < -0.39 is 20.0 Å². The minimum atomic E-state index is -2.89. The predicted octanol–water partition coefficient (Wildman–Crippen LogP) is 4.55. The zero-order valence-electron chi connectivity index (χ0n) is 20.4. The number of amides is 1. The molecule has 1 amide bonds. The molecule has 0 saturated carbocycles. The molecule has 0 aliphatic carbocycles. The van der Waals surface area contributed by atoms with Crippen LogP contribution in [0.25, 0.3) is 0 Å². The molecule has 0 fully saturated rings. The van der Waals surface area contributed by atoms with E-state index in [4.69, 9.17) is 0 Å². The molecule has 0 heterocycles. The first-order valence-corrected chi connectivity index (χ1v) is 14.5. The van der Waals surface area contributed by atoms with Crippen molar-refractivity contribution in [1.29, 1.82) is 0 Å². The number of carbonyl (C=O) groups excluding carboxylic acids is 1. The van der Waals surface area contributed by atoms with Crippen molar-refractivity contribution >= 4 is 30.3 Å². The van der Waals surface area contributed by atoms with E-state index in [2.05, 4.69) is 41.7 Å². The number of hydrogen-bond donors (Lipinski definition) is 2. The van der Waals surface area contributed by atoms with Crippen molar-refractivity contribution in [3.8, 4) is 0 Å². The summed E-state index contributed by atoms with van der Waals surface area (Å²) in [5, 5.41) is 15.6. The van der Waals surface area contributed by atoms with Crippen LogP contribution < -0.4 is 15.7 Å². The van der Waals surface area contributed by atoms with Gasteiger partial charge in [0.2, 0.25) is 0 Å². The number of carboxylic acid groups (broad SMARTS) is 1. The van der Waals surface area contributed by atoms with Gasteiger partial charge in [0.25, 0.3) is 5.91 Å². The third kappa shape index (κ3) is 5.64. The summed E-state index contributed by atoms with van der Waals surface area (Å²) in [6, 6.07) is 40.1. The Morgan fingerprint density at radius 3 is 1.64 bits per heavy atom. The van der Waals surface area contributed by atoms with Gasteiger partial charge in [-0.05, 0) is 30.2 Å². The Bertz CT molecular complexity index is 1220. The van der Waals surface area contributed by atoms with Crippen LogP contribution in [0.15, 0.2) is 121 Å². The van der Waals surface area contributed by atoms with Gasteiger partial charge in [0.15, 0.2) is 0 Å². The molecule has 0 saturated heterocycles. The van der Waals surface area contributed by atoms with Gasteiger partial charge in [0.05, 0.1) is 5.92 Å². The minimum absolute atomic E-state index is 0.150. The van der Waals surface area contributed by atoms with Gasteiger partial charge in [0, 0.05) is 11.2 Å². The molecule has 4 rings (SSSR count). The lowest BCUT2D eigenvalue weighted by atomic mass is 10.1. The van der Waals surface area contributed by atoms with Crippen molar-refractivity contribution in [2.75, 3.05) is 0 Å². The summed E-state index contributed by atoms with van der Waals surface area (Å²) in [6.45, 7) is 1.77. The van der Waals surface area contributed by atoms with Gasteiger partial charge in [-0.25, -0.2) is 0 Å². The van der Waals surface area contributed by atoms with Crippen molar-refractivity contribution < 1.29 is 14.7 Å². The smallest absolute Gasteiger partial charge is 0.305 e. The number of rotatable bonds is 10. The lowest BCUT2D eigenvalue weighted by molar-refractivity contribution is -0.140. The van der Waals surface area contributed by atoms with E-state index in [1.165, 1.54) is 0 Å². The molecule has 4 nitrogen and oxygen atoms in total. The summed E-state index contributed by atoms with van der Waals surface area (Å²) in [5.41, 5.74) is 1.41. The molecule has 0 spiro atoms. The fraction of sp³-hybridized carbons (Fsp3) is 0.161. The summed E-state index contributed by atoms with van der Waals surface area (Å²) in [7, 11) is -2.89. The monoisotopic (exact) mass is 493 g/mol. The van der Waals surface area contributed by atoms with Crippen LogP contribution in [0.5, 0.6) is 0 Å². The first-order valence-electron chi connectivity index (χ1n) is 12.2. The first-order chi connectivity index (χ1) is 17.5. The van der Waals surface area contributed by atoms with E-state index in [1.54, 1.807) is 6.92 Å². The van der Waals surface area contributed by atoms with Gasteiger partial charge in [-0.2, -0.15) is 0 Å². The quantitative estimate of drug-likeness (QED) is 0.319. The van der Waals surface area contributed by atoms with Gasteiger partial charge < -0.3 is 10.4 Å². The SMILES string of the molecule is C[C@H](C[Si](c1ccccc1)(c1ccccc1)[C@H](Cc1ccccc1)NC(=O)c1ccccc1)C(=O)O. The fourth-order valence-electron chi connectivity index (χ4n) is 5.02. The van der Waals surface area contributed by atoms with E-state index in [-0.39, 0.29) is 11.6 Å². The molecule has 5 heteroatoms. The molecular weight excluding hydrogens is 462 g/mol. The average molecular weight is 494 g/mol. The highest BCUT2D eigenvalue weighted by molar-refractivity contribution is 7.03. The van der Waals surface area contributed by atoms with E-state index in [0.717, 1.165) is 15.9 Å². The molecule has 4 aromatic carbocycles. The molecule has 36 heavy (non-hydrogen) atoms. The predicted molar refractivity (Wildman–Crippen MR) is 147 cm³/mol. The second-order valence-electron chi connectivity index (χ2n) is 9.23. The lowest BCUT2D eigenvalue weighted by Gasteiger charge is -2.42. The summed E-state index contributed by atoms with van der Waals surface area (Å²) >= 11 is 0. The van der Waals surface area contributed by atoms with Crippen LogP contribution in [-0.2, 0) is 11.2 Å². The third-order valence-electron chi connectivity index (χ3n) is 6.85. The Labute approximate surface area is 213 Å². The Hall–Kier alpha value is -3.96. The van der Waals surface area contributed by atoms with Crippen LogP contribution in [0.4, 0.5) is 0 Å². The van der Waals surface area contributed by atoms with Crippen molar-refractivity contribution in [1.82, 2.24) is 5.32 Å². The summed E-state index contributed by atoms with van der Waals surface area (Å²) in [5.74, 6) is -1.56. The summed E-state index contributed by atoms with van der Waals surface area (Å²) in [6.07, 6.45) is 0.599. The van der Waals surface area contributed by atoms with Gasteiger partial charge in [-0.3, -0.25) is 9.59 Å². The number of nitrogens with one attached hydrogen (secondary N) is 1. The number of hydrogen-bond acceptors (Lipinski definition) is 2. The Kier molecular flexibility index (Phi) is 8.13. The third-order valence-corrected chi connectivity index (χ3v) is 12.4. The molecular formula is C31H31NO3Si. The average Bonchev–Trinajstić information content (AvgIpc) is 2.93. The van der Waals surface area contributed by atoms with Crippen LogP contribution in [-0.4, -0.2) is 30.7 Å².